The van der Waals surface area contributed by atoms with Crippen molar-refractivity contribution in [3.63, 3.8) is 0 Å². The van der Waals surface area contributed by atoms with Crippen LogP contribution in [0.5, 0.6) is 0 Å². The molecule has 136 valence electrons. The predicted molar refractivity (Wildman–Crippen MR) is 95.0 cm³/mol. The quantitative estimate of drug-likeness (QED) is 0.493. The van der Waals surface area contributed by atoms with E-state index in [1.807, 2.05) is 6.92 Å². The minimum absolute atomic E-state index is 0.00195. The van der Waals surface area contributed by atoms with E-state index in [1.165, 1.54) is 32.1 Å². The third-order valence-electron chi connectivity index (χ3n) is 6.94. The second-order valence-corrected chi connectivity index (χ2v) is 8.92. The second kappa shape index (κ2) is 8.81. The van der Waals surface area contributed by atoms with Crippen molar-refractivity contribution in [3.8, 4) is 0 Å². The lowest BCUT2D eigenvalue weighted by molar-refractivity contribution is -0.00913. The maximum absolute atomic E-state index is 14.4. The fourth-order valence-electron chi connectivity index (χ4n) is 5.18. The van der Waals surface area contributed by atoms with Crippen LogP contribution in [0, 0.1) is 35.5 Å². The Morgan fingerprint density at radius 2 is 1.52 bits per heavy atom. The normalized spacial score (nSPS) is 40.3. The van der Waals surface area contributed by atoms with Gasteiger partial charge in [0.2, 0.25) is 0 Å². The van der Waals surface area contributed by atoms with Crippen LogP contribution in [0.2, 0.25) is 0 Å². The Kier molecular flexibility index (Phi) is 7.35. The molecule has 0 bridgehead atoms. The molecule has 23 heavy (non-hydrogen) atoms. The molecule has 2 saturated carbocycles. The van der Waals surface area contributed by atoms with E-state index in [9.17, 15) is 8.78 Å². The summed E-state index contributed by atoms with van der Waals surface area (Å²) in [5.74, 6) is 2.82. The van der Waals surface area contributed by atoms with E-state index in [-0.39, 0.29) is 11.8 Å². The van der Waals surface area contributed by atoms with Crippen molar-refractivity contribution in [2.24, 2.45) is 35.5 Å². The van der Waals surface area contributed by atoms with Crippen molar-refractivity contribution < 1.29 is 8.78 Å². The molecule has 0 heterocycles. The summed E-state index contributed by atoms with van der Waals surface area (Å²) in [7, 11) is 0. The summed E-state index contributed by atoms with van der Waals surface area (Å²) in [4.78, 5) is 0. The van der Waals surface area contributed by atoms with Gasteiger partial charge in [-0.05, 0) is 80.5 Å². The smallest absolute Gasteiger partial charge is 0.134 e. The SMILES string of the molecule is CCC(CCC(C)C)C1CCC(C2CCC(C)C(F)C2F)CC1. The van der Waals surface area contributed by atoms with Gasteiger partial charge in [-0.1, -0.05) is 40.5 Å². The first-order valence-electron chi connectivity index (χ1n) is 10.2. The van der Waals surface area contributed by atoms with Crippen LogP contribution in [0.1, 0.15) is 85.5 Å². The largest absolute Gasteiger partial charge is 0.244 e. The highest BCUT2D eigenvalue weighted by atomic mass is 19.2. The molecule has 2 heteroatoms. The molecule has 2 rings (SSSR count). The van der Waals surface area contributed by atoms with E-state index in [0.29, 0.717) is 5.92 Å². The van der Waals surface area contributed by atoms with Crippen molar-refractivity contribution in [1.82, 2.24) is 0 Å². The van der Waals surface area contributed by atoms with Crippen LogP contribution in [0.4, 0.5) is 8.78 Å². The van der Waals surface area contributed by atoms with Crippen molar-refractivity contribution in [3.05, 3.63) is 0 Å². The van der Waals surface area contributed by atoms with E-state index in [2.05, 4.69) is 20.8 Å². The zero-order chi connectivity index (χ0) is 17.0. The van der Waals surface area contributed by atoms with E-state index < -0.39 is 12.3 Å². The summed E-state index contributed by atoms with van der Waals surface area (Å²) in [5, 5.41) is 0. The van der Waals surface area contributed by atoms with Crippen LogP contribution >= 0.6 is 0 Å². The van der Waals surface area contributed by atoms with Gasteiger partial charge in [-0.2, -0.15) is 0 Å². The van der Waals surface area contributed by atoms with Crippen LogP contribution in [0.15, 0.2) is 0 Å². The van der Waals surface area contributed by atoms with E-state index in [1.54, 1.807) is 0 Å². The molecule has 5 atom stereocenters. The van der Waals surface area contributed by atoms with Gasteiger partial charge in [-0.25, -0.2) is 8.78 Å². The summed E-state index contributed by atoms with van der Waals surface area (Å²) >= 11 is 0. The summed E-state index contributed by atoms with van der Waals surface area (Å²) in [6.07, 6.45) is 8.07. The molecular weight excluding hydrogens is 290 g/mol. The number of hydrogen-bond acceptors (Lipinski definition) is 0. The molecule has 2 aliphatic carbocycles. The van der Waals surface area contributed by atoms with Gasteiger partial charge >= 0.3 is 0 Å². The Labute approximate surface area is 142 Å². The number of rotatable bonds is 6. The number of halogens is 2. The van der Waals surface area contributed by atoms with Gasteiger partial charge in [0.15, 0.2) is 0 Å². The standard InChI is InChI=1S/C21H38F2/c1-5-16(8-6-14(2)3)17-9-11-18(12-10-17)19-13-7-15(4)20(22)21(19)23/h14-21H,5-13H2,1-4H3. The average Bonchev–Trinajstić information content (AvgIpc) is 2.54. The van der Waals surface area contributed by atoms with Gasteiger partial charge in [0.1, 0.15) is 12.3 Å². The van der Waals surface area contributed by atoms with Gasteiger partial charge < -0.3 is 0 Å². The first kappa shape index (κ1) is 19.2. The van der Waals surface area contributed by atoms with Gasteiger partial charge in [0, 0.05) is 0 Å². The highest BCUT2D eigenvalue weighted by Crippen LogP contribution is 2.45. The zero-order valence-electron chi connectivity index (χ0n) is 15.7. The Morgan fingerprint density at radius 3 is 2.09 bits per heavy atom. The Bertz CT molecular complexity index is 333. The summed E-state index contributed by atoms with van der Waals surface area (Å²) < 4.78 is 28.5. The van der Waals surface area contributed by atoms with Crippen LogP contribution in [-0.2, 0) is 0 Å². The maximum atomic E-state index is 14.4. The lowest BCUT2D eigenvalue weighted by atomic mass is 9.65. The number of alkyl halides is 2. The Hall–Kier alpha value is -0.140. The van der Waals surface area contributed by atoms with Crippen molar-refractivity contribution >= 4 is 0 Å². The fraction of sp³-hybridized carbons (Fsp3) is 1.00. The molecule has 2 fully saturated rings. The third kappa shape index (κ3) is 4.92. The molecule has 0 saturated heterocycles. The third-order valence-corrected chi connectivity index (χ3v) is 6.94. The molecule has 0 amide bonds. The molecule has 0 radical (unpaired) electrons. The minimum atomic E-state index is -1.22. The van der Waals surface area contributed by atoms with Crippen LogP contribution in [-0.4, -0.2) is 12.3 Å². The molecule has 0 aliphatic heterocycles. The first-order chi connectivity index (χ1) is 10.9. The number of hydrogen-bond donors (Lipinski definition) is 0. The summed E-state index contributed by atoms with van der Waals surface area (Å²) in [5.41, 5.74) is 0. The van der Waals surface area contributed by atoms with E-state index >= 15 is 0 Å². The van der Waals surface area contributed by atoms with Crippen molar-refractivity contribution in [1.29, 1.82) is 0 Å². The van der Waals surface area contributed by atoms with Gasteiger partial charge in [-0.15, -0.1) is 0 Å². The average molecular weight is 329 g/mol. The maximum Gasteiger partial charge on any atom is 0.134 e. The topological polar surface area (TPSA) is 0 Å². The highest BCUT2D eigenvalue weighted by molar-refractivity contribution is 4.91. The molecule has 0 aromatic carbocycles. The minimum Gasteiger partial charge on any atom is -0.244 e. The fourth-order valence-corrected chi connectivity index (χ4v) is 5.18. The predicted octanol–water partition coefficient (Wildman–Crippen LogP) is 6.98. The van der Waals surface area contributed by atoms with Gasteiger partial charge in [0.05, 0.1) is 0 Å². The van der Waals surface area contributed by atoms with Crippen LogP contribution in [0.3, 0.4) is 0 Å². The summed E-state index contributed by atoms with van der Waals surface area (Å²) in [6.45, 7) is 8.81. The molecule has 2 aliphatic rings. The molecule has 0 spiro atoms. The van der Waals surface area contributed by atoms with E-state index in [0.717, 1.165) is 43.4 Å². The Morgan fingerprint density at radius 1 is 0.870 bits per heavy atom. The van der Waals surface area contributed by atoms with Gasteiger partial charge in [-0.3, -0.25) is 0 Å². The molecule has 0 aromatic heterocycles. The van der Waals surface area contributed by atoms with Crippen molar-refractivity contribution in [2.75, 3.05) is 0 Å². The molecular formula is C21H38F2. The molecule has 0 N–H and O–H groups in total. The van der Waals surface area contributed by atoms with Crippen LogP contribution < -0.4 is 0 Å². The molecule has 0 nitrogen and oxygen atoms in total. The van der Waals surface area contributed by atoms with Gasteiger partial charge in [0.25, 0.3) is 0 Å². The van der Waals surface area contributed by atoms with Crippen molar-refractivity contribution in [2.45, 2.75) is 97.8 Å². The lowest BCUT2D eigenvalue weighted by Crippen LogP contribution is -2.41. The Balaban J connectivity index is 1.83. The van der Waals surface area contributed by atoms with E-state index in [4.69, 9.17) is 0 Å². The molecule has 5 unspecified atom stereocenters. The summed E-state index contributed by atoms with van der Waals surface area (Å²) in [6, 6.07) is 0. The first-order valence-corrected chi connectivity index (χ1v) is 10.2. The second-order valence-electron chi connectivity index (χ2n) is 8.92. The lowest BCUT2D eigenvalue weighted by Gasteiger charge is -2.42. The molecule has 0 aromatic rings. The zero-order valence-corrected chi connectivity index (χ0v) is 15.7. The monoisotopic (exact) mass is 328 g/mol. The highest BCUT2D eigenvalue weighted by Gasteiger charge is 2.42. The van der Waals surface area contributed by atoms with Crippen LogP contribution in [0.25, 0.3) is 0 Å².